The second kappa shape index (κ2) is 12.6. The monoisotopic (exact) mass is 581 g/mol. The summed E-state index contributed by atoms with van der Waals surface area (Å²) in [5, 5.41) is 3.29. The quantitative estimate of drug-likeness (QED) is 0.347. The van der Waals surface area contributed by atoms with Crippen LogP contribution in [0.4, 0.5) is 5.69 Å². The number of likely N-dealkylation sites (N-methyl/N-ethyl adjacent to an activating group) is 1. The highest BCUT2D eigenvalue weighted by molar-refractivity contribution is 7.92. The van der Waals surface area contributed by atoms with E-state index >= 15 is 0 Å². The fourth-order valence-corrected chi connectivity index (χ4v) is 5.76. The second-order valence-electron chi connectivity index (χ2n) is 8.12. The van der Waals surface area contributed by atoms with Crippen molar-refractivity contribution in [1.82, 2.24) is 10.2 Å². The summed E-state index contributed by atoms with van der Waals surface area (Å²) in [7, 11) is -4.24. The predicted octanol–water partition coefficient (Wildman–Crippen LogP) is 5.40. The number of benzene rings is 3. The number of nitrogens with zero attached hydrogens (tertiary/aromatic N) is 2. The Morgan fingerprint density at radius 2 is 1.62 bits per heavy atom. The van der Waals surface area contributed by atoms with Crippen molar-refractivity contribution in [3.63, 3.8) is 0 Å². The Balaban J connectivity index is 2.07. The van der Waals surface area contributed by atoms with Crippen molar-refractivity contribution < 1.29 is 18.0 Å². The first-order chi connectivity index (χ1) is 17.6. The number of hydrogen-bond acceptors (Lipinski definition) is 4. The number of sulfonamides is 1. The SMILES string of the molecule is CCNC(=O)C(C)N(Cc1cccc(Cl)c1)C(=O)CN(c1cccc(Cl)c1Cl)S(=O)(=O)c1ccccc1. The van der Waals surface area contributed by atoms with E-state index in [9.17, 15) is 18.0 Å². The minimum Gasteiger partial charge on any atom is -0.355 e. The molecule has 11 heteroatoms. The van der Waals surface area contributed by atoms with Crippen LogP contribution in [0.15, 0.2) is 77.7 Å². The Kier molecular flexibility index (Phi) is 9.84. The number of nitrogens with one attached hydrogen (secondary N) is 1. The molecule has 196 valence electrons. The Labute approximate surface area is 232 Å². The standard InChI is InChI=1S/C26H26Cl3N3O4S/c1-3-30-26(34)18(2)31(16-19-9-7-10-20(27)15-19)24(33)17-32(23-14-8-13-22(28)25(23)29)37(35,36)21-11-5-4-6-12-21/h4-15,18H,3,16-17H2,1-2H3,(H,30,34). The van der Waals surface area contributed by atoms with Crippen molar-refractivity contribution in [1.29, 1.82) is 0 Å². The van der Waals surface area contributed by atoms with E-state index in [1.807, 2.05) is 0 Å². The predicted molar refractivity (Wildman–Crippen MR) is 148 cm³/mol. The molecule has 0 aliphatic heterocycles. The van der Waals surface area contributed by atoms with E-state index in [4.69, 9.17) is 34.8 Å². The van der Waals surface area contributed by atoms with Crippen LogP contribution in [0.5, 0.6) is 0 Å². The molecule has 1 unspecified atom stereocenters. The Morgan fingerprint density at radius 3 is 2.27 bits per heavy atom. The van der Waals surface area contributed by atoms with Crippen LogP contribution >= 0.6 is 34.8 Å². The smallest absolute Gasteiger partial charge is 0.264 e. The number of halogens is 3. The van der Waals surface area contributed by atoms with Gasteiger partial charge in [0.25, 0.3) is 10.0 Å². The molecule has 2 amide bonds. The van der Waals surface area contributed by atoms with E-state index < -0.39 is 28.5 Å². The summed E-state index contributed by atoms with van der Waals surface area (Å²) in [6, 6.07) is 18.2. The van der Waals surface area contributed by atoms with E-state index in [1.54, 1.807) is 62.4 Å². The molecule has 37 heavy (non-hydrogen) atoms. The van der Waals surface area contributed by atoms with Gasteiger partial charge in [-0.05, 0) is 55.8 Å². The van der Waals surface area contributed by atoms with E-state index in [1.165, 1.54) is 29.2 Å². The highest BCUT2D eigenvalue weighted by Crippen LogP contribution is 2.35. The molecule has 0 aliphatic rings. The van der Waals surface area contributed by atoms with Crippen LogP contribution in [0.2, 0.25) is 15.1 Å². The Bertz CT molecular complexity index is 1370. The molecule has 1 N–H and O–H groups in total. The van der Waals surface area contributed by atoms with Crippen molar-refractivity contribution in [2.24, 2.45) is 0 Å². The number of rotatable bonds is 10. The third-order valence-corrected chi connectivity index (χ3v) is 8.39. The van der Waals surface area contributed by atoms with Crippen LogP contribution in [0.3, 0.4) is 0 Å². The average Bonchev–Trinajstić information content (AvgIpc) is 2.88. The summed E-state index contributed by atoms with van der Waals surface area (Å²) in [6.45, 7) is 3.12. The maximum absolute atomic E-state index is 13.8. The molecular weight excluding hydrogens is 557 g/mol. The molecule has 0 fully saturated rings. The summed E-state index contributed by atoms with van der Waals surface area (Å²) in [6.07, 6.45) is 0. The lowest BCUT2D eigenvalue weighted by Crippen LogP contribution is -2.51. The van der Waals surface area contributed by atoms with Crippen molar-refractivity contribution in [3.05, 3.63) is 93.4 Å². The summed E-state index contributed by atoms with van der Waals surface area (Å²) < 4.78 is 28.4. The molecule has 0 aliphatic carbocycles. The topological polar surface area (TPSA) is 86.8 Å². The highest BCUT2D eigenvalue weighted by atomic mass is 35.5. The van der Waals surface area contributed by atoms with E-state index in [-0.39, 0.29) is 33.1 Å². The summed E-state index contributed by atoms with van der Waals surface area (Å²) in [5.41, 5.74) is 0.718. The summed E-state index contributed by atoms with van der Waals surface area (Å²) in [5.74, 6) is -0.995. The first-order valence-electron chi connectivity index (χ1n) is 11.4. The number of hydrogen-bond donors (Lipinski definition) is 1. The lowest BCUT2D eigenvalue weighted by Gasteiger charge is -2.32. The minimum atomic E-state index is -4.24. The lowest BCUT2D eigenvalue weighted by atomic mass is 10.1. The normalized spacial score (nSPS) is 12.0. The van der Waals surface area contributed by atoms with Gasteiger partial charge in [-0.3, -0.25) is 13.9 Å². The van der Waals surface area contributed by atoms with E-state index in [0.717, 1.165) is 4.31 Å². The van der Waals surface area contributed by atoms with Crippen molar-refractivity contribution in [2.45, 2.75) is 31.3 Å². The lowest BCUT2D eigenvalue weighted by molar-refractivity contribution is -0.139. The Morgan fingerprint density at radius 1 is 0.946 bits per heavy atom. The Hall–Kier alpha value is -2.78. The molecule has 0 aromatic heterocycles. The highest BCUT2D eigenvalue weighted by Gasteiger charge is 2.33. The zero-order valence-corrected chi connectivity index (χ0v) is 23.3. The summed E-state index contributed by atoms with van der Waals surface area (Å²) >= 11 is 18.7. The van der Waals surface area contributed by atoms with Crippen molar-refractivity contribution >= 4 is 62.3 Å². The number of carbonyl (C=O) groups is 2. The maximum atomic E-state index is 13.8. The number of amides is 2. The van der Waals surface area contributed by atoms with Gasteiger partial charge in [-0.2, -0.15) is 0 Å². The molecule has 0 heterocycles. The van der Waals surface area contributed by atoms with Crippen molar-refractivity contribution in [2.75, 3.05) is 17.4 Å². The first kappa shape index (κ1) is 28.8. The van der Waals surface area contributed by atoms with Gasteiger partial charge in [0.1, 0.15) is 12.6 Å². The fourth-order valence-electron chi connectivity index (χ4n) is 3.65. The van der Waals surface area contributed by atoms with Crippen LogP contribution in [0.1, 0.15) is 19.4 Å². The fraction of sp³-hybridized carbons (Fsp3) is 0.231. The number of anilines is 1. The van der Waals surface area contributed by atoms with Crippen LogP contribution in [0, 0.1) is 0 Å². The van der Waals surface area contributed by atoms with Gasteiger partial charge < -0.3 is 10.2 Å². The molecule has 0 saturated heterocycles. The van der Waals surface area contributed by atoms with Gasteiger partial charge in [0.15, 0.2) is 0 Å². The van der Waals surface area contributed by atoms with E-state index in [2.05, 4.69) is 5.32 Å². The average molecular weight is 583 g/mol. The molecule has 0 bridgehead atoms. The van der Waals surface area contributed by atoms with Gasteiger partial charge in [-0.15, -0.1) is 0 Å². The molecule has 0 saturated carbocycles. The molecule has 3 aromatic carbocycles. The van der Waals surface area contributed by atoms with Gasteiger partial charge in [-0.1, -0.05) is 71.2 Å². The molecular formula is C26H26Cl3N3O4S. The van der Waals surface area contributed by atoms with Crippen LogP contribution < -0.4 is 9.62 Å². The van der Waals surface area contributed by atoms with Gasteiger partial charge in [0, 0.05) is 18.1 Å². The van der Waals surface area contributed by atoms with Gasteiger partial charge in [0.2, 0.25) is 11.8 Å². The maximum Gasteiger partial charge on any atom is 0.264 e. The van der Waals surface area contributed by atoms with Gasteiger partial charge in [-0.25, -0.2) is 8.42 Å². The van der Waals surface area contributed by atoms with Crippen molar-refractivity contribution in [3.8, 4) is 0 Å². The third-order valence-electron chi connectivity index (χ3n) is 5.57. The number of carbonyl (C=O) groups excluding carboxylic acids is 2. The van der Waals surface area contributed by atoms with E-state index in [0.29, 0.717) is 17.1 Å². The van der Waals surface area contributed by atoms with Gasteiger partial charge >= 0.3 is 0 Å². The molecule has 7 nitrogen and oxygen atoms in total. The zero-order valence-electron chi connectivity index (χ0n) is 20.2. The minimum absolute atomic E-state index is 0.0189. The molecule has 1 atom stereocenters. The molecule has 0 radical (unpaired) electrons. The first-order valence-corrected chi connectivity index (χ1v) is 14.0. The molecule has 3 aromatic rings. The van der Waals surface area contributed by atoms with Crippen LogP contribution in [-0.2, 0) is 26.2 Å². The molecule has 3 rings (SSSR count). The zero-order chi connectivity index (χ0) is 27.2. The second-order valence-corrected chi connectivity index (χ2v) is 11.2. The third kappa shape index (κ3) is 6.96. The van der Waals surface area contributed by atoms with Gasteiger partial charge in [0.05, 0.1) is 20.6 Å². The van der Waals surface area contributed by atoms with Crippen LogP contribution in [-0.4, -0.2) is 44.3 Å². The van der Waals surface area contributed by atoms with Crippen LogP contribution in [0.25, 0.3) is 0 Å². The largest absolute Gasteiger partial charge is 0.355 e. The summed E-state index contributed by atoms with van der Waals surface area (Å²) in [4.78, 5) is 27.8. The molecule has 0 spiro atoms.